The van der Waals surface area contributed by atoms with Gasteiger partial charge < -0.3 is 20.4 Å². The van der Waals surface area contributed by atoms with Crippen LogP contribution in [0.25, 0.3) is 5.65 Å². The number of sulfonamides is 1. The maximum absolute atomic E-state index is 12.5. The van der Waals surface area contributed by atoms with Crippen molar-refractivity contribution in [3.63, 3.8) is 0 Å². The molecule has 1 amide bonds. The lowest BCUT2D eigenvalue weighted by molar-refractivity contribution is -0.131. The van der Waals surface area contributed by atoms with E-state index in [9.17, 15) is 23.7 Å². The van der Waals surface area contributed by atoms with E-state index in [4.69, 9.17) is 16.7 Å². The first-order chi connectivity index (χ1) is 19.1. The summed E-state index contributed by atoms with van der Waals surface area (Å²) in [4.78, 5) is 25.0. The number of aromatic nitrogens is 4. The Bertz CT molecular complexity index is 1650. The molecule has 40 heavy (non-hydrogen) atoms. The van der Waals surface area contributed by atoms with Crippen LogP contribution in [0.5, 0.6) is 0 Å². The van der Waals surface area contributed by atoms with E-state index in [1.54, 1.807) is 17.0 Å². The fourth-order valence-electron chi connectivity index (χ4n) is 4.42. The van der Waals surface area contributed by atoms with Crippen molar-refractivity contribution in [3.05, 3.63) is 34.6 Å². The van der Waals surface area contributed by atoms with E-state index in [0.29, 0.717) is 59.6 Å². The van der Waals surface area contributed by atoms with Crippen LogP contribution >= 0.6 is 11.6 Å². The van der Waals surface area contributed by atoms with E-state index in [1.807, 2.05) is 4.90 Å². The summed E-state index contributed by atoms with van der Waals surface area (Å²) in [5, 5.41) is 35.4. The Morgan fingerprint density at radius 2 is 1.93 bits per heavy atom. The number of imidazole rings is 1. The SMILES string of the molecule is N#Cc1cc(Nc2nc(NC3CC3)c3ncc(C#N)n3n2)c(Cl)c(N2CCN(C(=O)CCCS(N)(=O)=O)CC2)c1. The van der Waals surface area contributed by atoms with E-state index in [-0.39, 0.29) is 42.2 Å². The Morgan fingerprint density at radius 1 is 1.18 bits per heavy atom. The summed E-state index contributed by atoms with van der Waals surface area (Å²) < 4.78 is 23.7. The molecule has 208 valence electrons. The van der Waals surface area contributed by atoms with Crippen LogP contribution in [0.1, 0.15) is 36.9 Å². The number of piperazine rings is 1. The minimum Gasteiger partial charge on any atom is -0.367 e. The summed E-state index contributed by atoms with van der Waals surface area (Å²) in [6.07, 6.45) is 3.72. The molecular weight excluding hydrogens is 558 g/mol. The lowest BCUT2D eigenvalue weighted by Crippen LogP contribution is -2.49. The molecule has 2 aromatic heterocycles. The molecule has 3 heterocycles. The number of benzene rings is 1. The van der Waals surface area contributed by atoms with E-state index < -0.39 is 10.0 Å². The maximum Gasteiger partial charge on any atom is 0.247 e. The Balaban J connectivity index is 1.35. The first-order valence-corrected chi connectivity index (χ1v) is 14.7. The smallest absolute Gasteiger partial charge is 0.247 e. The number of halogens is 1. The first kappa shape index (κ1) is 27.4. The minimum absolute atomic E-state index is 0.0987. The van der Waals surface area contributed by atoms with Gasteiger partial charge in [-0.15, -0.1) is 5.10 Å². The number of fused-ring (bicyclic) bond motifs is 1. The first-order valence-electron chi connectivity index (χ1n) is 12.6. The molecule has 1 saturated carbocycles. The van der Waals surface area contributed by atoms with Crippen molar-refractivity contribution in [2.24, 2.45) is 5.14 Å². The number of rotatable bonds is 9. The summed E-state index contributed by atoms with van der Waals surface area (Å²) >= 11 is 6.82. The molecule has 0 atom stereocenters. The second kappa shape index (κ2) is 11.1. The van der Waals surface area contributed by atoms with Crippen LogP contribution in [0.3, 0.4) is 0 Å². The standard InChI is InChI=1S/C24H26ClN11O3S/c25-21-18(31-24-32-22(30-16-3-4-16)23-29-14-17(13-27)36(23)33-24)10-15(12-26)11-19(21)34-5-7-35(8-6-34)20(37)2-1-9-40(28,38)39/h10-11,14,16H,1-9H2,(H2,28,38,39)(H2,30,31,32,33). The molecule has 2 aliphatic rings. The highest BCUT2D eigenvalue weighted by Gasteiger charge is 2.26. The van der Waals surface area contributed by atoms with Gasteiger partial charge in [0.15, 0.2) is 17.2 Å². The van der Waals surface area contributed by atoms with Crippen molar-refractivity contribution in [3.8, 4) is 12.1 Å². The fourth-order valence-corrected chi connectivity index (χ4v) is 5.25. The normalized spacial score (nSPS) is 15.5. The lowest BCUT2D eigenvalue weighted by atomic mass is 10.1. The van der Waals surface area contributed by atoms with Gasteiger partial charge in [-0.1, -0.05) is 11.6 Å². The Kier molecular flexibility index (Phi) is 7.62. The summed E-state index contributed by atoms with van der Waals surface area (Å²) in [5.74, 6) is 0.280. The molecule has 16 heteroatoms. The number of nitrogens with two attached hydrogens (primary N) is 1. The van der Waals surface area contributed by atoms with Crippen LogP contribution in [-0.2, 0) is 14.8 Å². The molecule has 2 fully saturated rings. The number of hydrogen-bond acceptors (Lipinski definition) is 11. The molecule has 1 aliphatic carbocycles. The topological polar surface area (TPSA) is 198 Å². The zero-order valence-corrected chi connectivity index (χ0v) is 22.9. The number of nitrogens with zero attached hydrogens (tertiary/aromatic N) is 8. The molecule has 0 spiro atoms. The number of amides is 1. The zero-order valence-electron chi connectivity index (χ0n) is 21.3. The van der Waals surface area contributed by atoms with Gasteiger partial charge in [0.25, 0.3) is 0 Å². The number of carbonyl (C=O) groups is 1. The molecule has 4 N–H and O–H groups in total. The quantitative estimate of drug-likeness (QED) is 0.330. The van der Waals surface area contributed by atoms with Crippen LogP contribution in [0, 0.1) is 22.7 Å². The average molecular weight is 584 g/mol. The lowest BCUT2D eigenvalue weighted by Gasteiger charge is -2.37. The van der Waals surface area contributed by atoms with Gasteiger partial charge in [-0.2, -0.15) is 20.0 Å². The third-order valence-corrected chi connectivity index (χ3v) is 7.87. The number of nitrogens with one attached hydrogen (secondary N) is 2. The molecule has 0 unspecified atom stereocenters. The molecule has 0 bridgehead atoms. The number of anilines is 4. The van der Waals surface area contributed by atoms with Crippen LogP contribution < -0.4 is 20.7 Å². The second-order valence-corrected chi connectivity index (χ2v) is 11.7. The fraction of sp³-hybridized carbons (Fsp3) is 0.417. The highest BCUT2D eigenvalue weighted by Crippen LogP contribution is 2.36. The molecule has 14 nitrogen and oxygen atoms in total. The molecule has 1 aliphatic heterocycles. The van der Waals surface area contributed by atoms with Crippen molar-refractivity contribution in [1.82, 2.24) is 24.5 Å². The third-order valence-electron chi connectivity index (χ3n) is 6.62. The highest BCUT2D eigenvalue weighted by molar-refractivity contribution is 7.89. The highest BCUT2D eigenvalue weighted by atomic mass is 35.5. The van der Waals surface area contributed by atoms with Gasteiger partial charge in [0.05, 0.1) is 40.0 Å². The van der Waals surface area contributed by atoms with E-state index in [0.717, 1.165) is 12.8 Å². The van der Waals surface area contributed by atoms with Crippen LogP contribution in [-0.4, -0.2) is 76.8 Å². The number of hydrogen-bond donors (Lipinski definition) is 3. The molecule has 3 aromatic rings. The van der Waals surface area contributed by atoms with Gasteiger partial charge in [0.2, 0.25) is 21.9 Å². The van der Waals surface area contributed by atoms with Gasteiger partial charge in [0, 0.05) is 38.6 Å². The van der Waals surface area contributed by atoms with Gasteiger partial charge in [-0.25, -0.2) is 18.5 Å². The number of primary sulfonamides is 1. The Morgan fingerprint density at radius 3 is 2.58 bits per heavy atom. The Hall–Kier alpha value is -4.18. The average Bonchev–Trinajstić information content (AvgIpc) is 3.65. The van der Waals surface area contributed by atoms with Gasteiger partial charge in [-0.3, -0.25) is 4.79 Å². The molecular formula is C24H26ClN11O3S. The molecule has 0 radical (unpaired) electrons. The second-order valence-electron chi connectivity index (χ2n) is 9.63. The summed E-state index contributed by atoms with van der Waals surface area (Å²) in [7, 11) is -3.61. The van der Waals surface area contributed by atoms with Crippen LogP contribution in [0.2, 0.25) is 5.02 Å². The molecule has 1 aromatic carbocycles. The van der Waals surface area contributed by atoms with Crippen molar-refractivity contribution < 1.29 is 13.2 Å². The van der Waals surface area contributed by atoms with Gasteiger partial charge in [0.1, 0.15) is 6.07 Å². The number of nitriles is 2. The van der Waals surface area contributed by atoms with Crippen molar-refractivity contribution >= 4 is 56.3 Å². The van der Waals surface area contributed by atoms with Gasteiger partial charge >= 0.3 is 0 Å². The summed E-state index contributed by atoms with van der Waals surface area (Å²) in [6.45, 7) is 1.76. The van der Waals surface area contributed by atoms with Crippen molar-refractivity contribution in [2.45, 2.75) is 31.7 Å². The number of carbonyl (C=O) groups excluding carboxylic acids is 1. The van der Waals surface area contributed by atoms with Crippen molar-refractivity contribution in [2.75, 3.05) is 47.5 Å². The molecule has 1 saturated heterocycles. The predicted octanol–water partition coefficient (Wildman–Crippen LogP) is 1.56. The largest absolute Gasteiger partial charge is 0.367 e. The van der Waals surface area contributed by atoms with Gasteiger partial charge in [-0.05, 0) is 31.4 Å². The maximum atomic E-state index is 12.5. The summed E-state index contributed by atoms with van der Waals surface area (Å²) in [6, 6.07) is 7.78. The minimum atomic E-state index is -3.61. The van der Waals surface area contributed by atoms with E-state index in [1.165, 1.54) is 10.7 Å². The zero-order chi connectivity index (χ0) is 28.4. The predicted molar refractivity (Wildman–Crippen MR) is 148 cm³/mol. The van der Waals surface area contributed by atoms with Crippen molar-refractivity contribution in [1.29, 1.82) is 10.5 Å². The van der Waals surface area contributed by atoms with Crippen LogP contribution in [0.15, 0.2) is 18.3 Å². The summed E-state index contributed by atoms with van der Waals surface area (Å²) in [5.41, 5.74) is 2.06. The van der Waals surface area contributed by atoms with E-state index >= 15 is 0 Å². The monoisotopic (exact) mass is 583 g/mol. The molecule has 5 rings (SSSR count). The third kappa shape index (κ3) is 6.17. The Labute approximate surface area is 235 Å². The van der Waals surface area contributed by atoms with E-state index in [2.05, 4.69) is 37.8 Å². The van der Waals surface area contributed by atoms with Crippen LogP contribution in [0.4, 0.5) is 23.1 Å².